The van der Waals surface area contributed by atoms with Crippen LogP contribution in [0.1, 0.15) is 0 Å². The molecule has 2 aromatic heterocycles. The first-order valence-corrected chi connectivity index (χ1v) is 5.55. The molecule has 0 bridgehead atoms. The highest BCUT2D eigenvalue weighted by atomic mass is 32.1. The number of hydrogen-bond acceptors (Lipinski definition) is 4. The molecule has 0 aliphatic heterocycles. The summed E-state index contributed by atoms with van der Waals surface area (Å²) in [7, 11) is 1.62. The molecule has 1 aromatic carbocycles. The minimum absolute atomic E-state index is 0.0924. The van der Waals surface area contributed by atoms with Crippen molar-refractivity contribution in [1.82, 2.24) is 9.97 Å². The van der Waals surface area contributed by atoms with E-state index in [1.165, 1.54) is 17.7 Å². The number of benzene rings is 1. The number of fused-ring (bicyclic) bond motifs is 3. The summed E-state index contributed by atoms with van der Waals surface area (Å²) in [5, 5.41) is 0.992. The molecule has 0 spiro atoms. The van der Waals surface area contributed by atoms with E-state index >= 15 is 0 Å². The summed E-state index contributed by atoms with van der Waals surface area (Å²) >= 11 is 1.43. The number of nitrogens with one attached hydrogen (secondary N) is 1. The second kappa shape index (κ2) is 3.31. The van der Waals surface area contributed by atoms with Crippen molar-refractivity contribution in [2.75, 3.05) is 7.11 Å². The Bertz CT molecular complexity index is 730. The van der Waals surface area contributed by atoms with Gasteiger partial charge in [-0.25, -0.2) is 4.98 Å². The highest BCUT2D eigenvalue weighted by molar-refractivity contribution is 7.25. The van der Waals surface area contributed by atoms with Crippen LogP contribution in [-0.2, 0) is 0 Å². The average molecular weight is 232 g/mol. The maximum Gasteiger partial charge on any atom is 0.268 e. The average Bonchev–Trinajstić information content (AvgIpc) is 2.68. The molecule has 0 atom stereocenters. The van der Waals surface area contributed by atoms with E-state index in [-0.39, 0.29) is 5.56 Å². The lowest BCUT2D eigenvalue weighted by Crippen LogP contribution is -2.03. The zero-order chi connectivity index (χ0) is 11.1. The number of rotatable bonds is 1. The van der Waals surface area contributed by atoms with Gasteiger partial charge in [-0.3, -0.25) is 4.79 Å². The molecule has 0 unspecified atom stereocenters. The van der Waals surface area contributed by atoms with Crippen LogP contribution in [0.5, 0.6) is 5.75 Å². The maximum atomic E-state index is 11.6. The fourth-order valence-electron chi connectivity index (χ4n) is 1.69. The summed E-state index contributed by atoms with van der Waals surface area (Å²) in [5.74, 6) is 0.787. The molecule has 1 N–H and O–H groups in total. The molecule has 3 rings (SSSR count). The molecular weight excluding hydrogens is 224 g/mol. The summed E-state index contributed by atoms with van der Waals surface area (Å²) in [5.41, 5.74) is 0.663. The van der Waals surface area contributed by atoms with Crippen LogP contribution in [0.4, 0.5) is 0 Å². The molecule has 0 aliphatic rings. The Morgan fingerprint density at radius 3 is 3.12 bits per heavy atom. The second-order valence-corrected chi connectivity index (χ2v) is 4.43. The zero-order valence-electron chi connectivity index (χ0n) is 8.48. The standard InChI is InChI=1S/C11H8N2O2S/c1-15-6-2-3-7-8(4-6)16-10-9(7)12-5-13-11(10)14/h2-5H,1H3,(H,12,13,14). The summed E-state index contributed by atoms with van der Waals surface area (Å²) in [6.07, 6.45) is 1.43. The fraction of sp³-hybridized carbons (Fsp3) is 0.0909. The first-order chi connectivity index (χ1) is 7.79. The van der Waals surface area contributed by atoms with Crippen molar-refractivity contribution in [2.45, 2.75) is 0 Å². The maximum absolute atomic E-state index is 11.6. The van der Waals surface area contributed by atoms with Crippen LogP contribution >= 0.6 is 11.3 Å². The number of thiophene rings is 1. The summed E-state index contributed by atoms with van der Waals surface area (Å²) < 4.78 is 6.82. The van der Waals surface area contributed by atoms with Gasteiger partial charge in [0.1, 0.15) is 10.4 Å². The van der Waals surface area contributed by atoms with Crippen LogP contribution in [0, 0.1) is 0 Å². The lowest BCUT2D eigenvalue weighted by molar-refractivity contribution is 0.415. The van der Waals surface area contributed by atoms with Gasteiger partial charge in [0.2, 0.25) is 0 Å². The predicted octanol–water partition coefficient (Wildman–Crippen LogP) is 2.15. The third-order valence-corrected chi connectivity index (χ3v) is 3.61. The molecule has 4 nitrogen and oxygen atoms in total. The fourth-order valence-corrected chi connectivity index (χ4v) is 2.77. The van der Waals surface area contributed by atoms with E-state index in [1.54, 1.807) is 7.11 Å². The van der Waals surface area contributed by atoms with Crippen LogP contribution in [0.2, 0.25) is 0 Å². The third kappa shape index (κ3) is 1.22. The van der Waals surface area contributed by atoms with Crippen molar-refractivity contribution in [2.24, 2.45) is 0 Å². The normalized spacial score (nSPS) is 11.1. The van der Waals surface area contributed by atoms with Crippen molar-refractivity contribution >= 4 is 31.6 Å². The molecule has 16 heavy (non-hydrogen) atoms. The smallest absolute Gasteiger partial charge is 0.268 e. The van der Waals surface area contributed by atoms with Crippen LogP contribution in [0.15, 0.2) is 29.3 Å². The molecule has 0 fully saturated rings. The van der Waals surface area contributed by atoms with E-state index in [1.807, 2.05) is 18.2 Å². The Morgan fingerprint density at radius 2 is 2.31 bits per heavy atom. The van der Waals surface area contributed by atoms with Crippen molar-refractivity contribution in [3.63, 3.8) is 0 Å². The Kier molecular flexibility index (Phi) is 1.94. The zero-order valence-corrected chi connectivity index (χ0v) is 9.30. The molecule has 0 saturated carbocycles. The third-order valence-electron chi connectivity index (χ3n) is 2.47. The van der Waals surface area contributed by atoms with Gasteiger partial charge in [-0.15, -0.1) is 11.3 Å². The molecule has 5 heteroatoms. The molecular formula is C11H8N2O2S. The van der Waals surface area contributed by atoms with E-state index in [4.69, 9.17) is 4.74 Å². The lowest BCUT2D eigenvalue weighted by Gasteiger charge is -1.97. The number of aromatic nitrogens is 2. The molecule has 2 heterocycles. The number of methoxy groups -OCH3 is 1. The van der Waals surface area contributed by atoms with Gasteiger partial charge in [-0.1, -0.05) is 0 Å². The second-order valence-electron chi connectivity index (χ2n) is 3.37. The van der Waals surface area contributed by atoms with Crippen molar-refractivity contribution in [3.05, 3.63) is 34.9 Å². The molecule has 3 aromatic rings. The summed E-state index contributed by atoms with van der Waals surface area (Å²) in [4.78, 5) is 18.4. The highest BCUT2D eigenvalue weighted by Gasteiger charge is 2.09. The van der Waals surface area contributed by atoms with Gasteiger partial charge < -0.3 is 9.72 Å². The van der Waals surface area contributed by atoms with Crippen molar-refractivity contribution in [1.29, 1.82) is 0 Å². The number of ether oxygens (including phenoxy) is 1. The van der Waals surface area contributed by atoms with Crippen LogP contribution < -0.4 is 10.3 Å². The van der Waals surface area contributed by atoms with E-state index in [0.717, 1.165) is 21.4 Å². The number of hydrogen-bond donors (Lipinski definition) is 1. The quantitative estimate of drug-likeness (QED) is 0.699. The lowest BCUT2D eigenvalue weighted by atomic mass is 10.2. The van der Waals surface area contributed by atoms with Gasteiger partial charge in [0, 0.05) is 10.1 Å². The Morgan fingerprint density at radius 1 is 1.44 bits per heavy atom. The van der Waals surface area contributed by atoms with E-state index in [9.17, 15) is 4.79 Å². The molecule has 0 radical (unpaired) electrons. The molecule has 0 aliphatic carbocycles. The largest absolute Gasteiger partial charge is 0.497 e. The Balaban J connectivity index is 2.50. The predicted molar refractivity (Wildman–Crippen MR) is 64.3 cm³/mol. The van der Waals surface area contributed by atoms with Gasteiger partial charge in [0.25, 0.3) is 5.56 Å². The van der Waals surface area contributed by atoms with Crippen LogP contribution in [0.25, 0.3) is 20.3 Å². The number of H-pyrrole nitrogens is 1. The summed E-state index contributed by atoms with van der Waals surface area (Å²) in [6, 6.07) is 5.72. The SMILES string of the molecule is COc1ccc2c(c1)sc1c(=O)[nH]cnc12. The van der Waals surface area contributed by atoms with E-state index in [2.05, 4.69) is 9.97 Å². The molecule has 80 valence electrons. The van der Waals surface area contributed by atoms with Crippen LogP contribution in [-0.4, -0.2) is 17.1 Å². The Labute approximate surface area is 94.5 Å². The molecule has 0 amide bonds. The van der Waals surface area contributed by atoms with Crippen molar-refractivity contribution in [3.8, 4) is 5.75 Å². The van der Waals surface area contributed by atoms with Crippen molar-refractivity contribution < 1.29 is 4.74 Å². The monoisotopic (exact) mass is 232 g/mol. The van der Waals surface area contributed by atoms with Crippen LogP contribution in [0.3, 0.4) is 0 Å². The van der Waals surface area contributed by atoms with Gasteiger partial charge >= 0.3 is 0 Å². The van der Waals surface area contributed by atoms with E-state index in [0.29, 0.717) is 4.70 Å². The first-order valence-electron chi connectivity index (χ1n) is 4.73. The number of nitrogens with zero attached hydrogens (tertiary/aromatic N) is 1. The van der Waals surface area contributed by atoms with Gasteiger partial charge in [-0.05, 0) is 18.2 Å². The topological polar surface area (TPSA) is 55.0 Å². The minimum Gasteiger partial charge on any atom is -0.497 e. The highest BCUT2D eigenvalue weighted by Crippen LogP contribution is 2.32. The summed E-state index contributed by atoms with van der Waals surface area (Å²) in [6.45, 7) is 0. The first kappa shape index (κ1) is 9.35. The van der Waals surface area contributed by atoms with E-state index < -0.39 is 0 Å². The number of aromatic amines is 1. The Hall–Kier alpha value is -1.88. The van der Waals surface area contributed by atoms with Gasteiger partial charge in [-0.2, -0.15) is 0 Å². The minimum atomic E-state index is -0.0924. The molecule has 0 saturated heterocycles. The van der Waals surface area contributed by atoms with Gasteiger partial charge in [0.05, 0.1) is 19.0 Å². The van der Waals surface area contributed by atoms with Gasteiger partial charge in [0.15, 0.2) is 0 Å².